The van der Waals surface area contributed by atoms with Gasteiger partial charge in [0, 0.05) is 25.7 Å². The van der Waals surface area contributed by atoms with E-state index >= 15 is 0 Å². The second-order valence-corrected chi connectivity index (χ2v) is 27.0. The summed E-state index contributed by atoms with van der Waals surface area (Å²) in [6.07, 6.45) is 39.0. The highest BCUT2D eigenvalue weighted by molar-refractivity contribution is 7.47. The van der Waals surface area contributed by atoms with Crippen molar-refractivity contribution in [3.8, 4) is 0 Å². The standard InChI is InChI=1S/C64H124O17P2/c1-7-9-11-13-15-17-19-24-28-35-41-47-62(67)75-52-59(80-63(68)48-42-36-29-25-21-18-20-23-26-32-38-44-56(3)4)54-78-82(70,71)76-50-58(65)51-77-83(72,73)79-55-60(81-64(69)49-43-37-31-30-33-39-45-57(5)6)53-74-61(66)46-40-34-27-22-16-14-12-10-8-2/h56-60,65H,7-55H2,1-6H3,(H,70,71)(H,72,73)/t58-,59-,60-/m1/s1. The normalized spacial score (nSPS) is 14.3. The van der Waals surface area contributed by atoms with E-state index in [0.717, 1.165) is 95.8 Å². The molecule has 19 heteroatoms. The van der Waals surface area contributed by atoms with Gasteiger partial charge in [0.15, 0.2) is 12.2 Å². The molecule has 0 amide bonds. The van der Waals surface area contributed by atoms with Crippen LogP contribution in [0.4, 0.5) is 0 Å². The Bertz CT molecular complexity index is 1630. The molecule has 0 bridgehead atoms. The van der Waals surface area contributed by atoms with Gasteiger partial charge in [-0.05, 0) is 37.5 Å². The number of unbranched alkanes of at least 4 members (excludes halogenated alkanes) is 33. The van der Waals surface area contributed by atoms with Crippen molar-refractivity contribution in [3.05, 3.63) is 0 Å². The minimum Gasteiger partial charge on any atom is -0.462 e. The molecule has 3 N–H and O–H groups in total. The molecule has 0 fully saturated rings. The maximum Gasteiger partial charge on any atom is 0.472 e. The zero-order valence-electron chi connectivity index (χ0n) is 53.5. The van der Waals surface area contributed by atoms with Gasteiger partial charge in [-0.1, -0.05) is 266 Å². The molecular formula is C64H124O17P2. The van der Waals surface area contributed by atoms with Crippen LogP contribution in [0.5, 0.6) is 0 Å². The fourth-order valence-corrected chi connectivity index (χ4v) is 11.1. The van der Waals surface area contributed by atoms with Gasteiger partial charge in [0.25, 0.3) is 0 Å². The molecule has 0 rings (SSSR count). The third-order valence-corrected chi connectivity index (χ3v) is 16.6. The maximum absolute atomic E-state index is 13.0. The summed E-state index contributed by atoms with van der Waals surface area (Å²) in [6, 6.07) is 0. The minimum atomic E-state index is -4.94. The average Bonchev–Trinajstić information content (AvgIpc) is 3.48. The molecule has 0 spiro atoms. The Hall–Kier alpha value is -1.94. The monoisotopic (exact) mass is 1230 g/mol. The molecule has 0 aromatic carbocycles. The van der Waals surface area contributed by atoms with Crippen LogP contribution in [-0.2, 0) is 65.4 Å². The average molecular weight is 1230 g/mol. The summed E-state index contributed by atoms with van der Waals surface area (Å²) in [4.78, 5) is 72.1. The molecule has 83 heavy (non-hydrogen) atoms. The Morgan fingerprint density at radius 1 is 0.325 bits per heavy atom. The fourth-order valence-electron chi connectivity index (χ4n) is 9.53. The zero-order valence-corrected chi connectivity index (χ0v) is 55.3. The molecule has 0 aliphatic carbocycles. The number of carbonyl (C=O) groups excluding carboxylic acids is 4. The molecule has 0 aliphatic heterocycles. The number of hydrogen-bond donors (Lipinski definition) is 3. The lowest BCUT2D eigenvalue weighted by molar-refractivity contribution is -0.161. The van der Waals surface area contributed by atoms with E-state index in [1.165, 1.54) is 135 Å². The highest BCUT2D eigenvalue weighted by atomic mass is 31.2. The number of carbonyl (C=O) groups is 4. The van der Waals surface area contributed by atoms with Crippen LogP contribution in [0.2, 0.25) is 0 Å². The first-order chi connectivity index (χ1) is 39.9. The van der Waals surface area contributed by atoms with Gasteiger partial charge < -0.3 is 33.8 Å². The first-order valence-corrected chi connectivity index (χ1v) is 36.5. The van der Waals surface area contributed by atoms with E-state index in [2.05, 4.69) is 41.5 Å². The number of phosphoric acid groups is 2. The topological polar surface area (TPSA) is 237 Å². The molecule has 0 aliphatic rings. The van der Waals surface area contributed by atoms with Crippen LogP contribution in [0.15, 0.2) is 0 Å². The number of hydrogen-bond acceptors (Lipinski definition) is 15. The smallest absolute Gasteiger partial charge is 0.462 e. The van der Waals surface area contributed by atoms with Gasteiger partial charge in [-0.25, -0.2) is 9.13 Å². The Morgan fingerprint density at radius 2 is 0.554 bits per heavy atom. The number of ether oxygens (including phenoxy) is 4. The van der Waals surface area contributed by atoms with Crippen LogP contribution < -0.4 is 0 Å². The maximum atomic E-state index is 13.0. The fraction of sp³-hybridized carbons (Fsp3) is 0.938. The quantitative estimate of drug-likeness (QED) is 0.0222. The number of esters is 4. The summed E-state index contributed by atoms with van der Waals surface area (Å²) in [5.41, 5.74) is 0. The van der Waals surface area contributed by atoms with Crippen LogP contribution in [0.25, 0.3) is 0 Å². The SMILES string of the molecule is CCCCCCCCCCCCCC(=O)OC[C@H](COP(=O)(O)OC[C@@H](O)COP(=O)(O)OC[C@@H](COC(=O)CCCCCCCCCCC)OC(=O)CCCCCCCCC(C)C)OC(=O)CCCCCCCCCCCCCC(C)C. The molecular weight excluding hydrogens is 1100 g/mol. The number of aliphatic hydroxyl groups is 1. The molecule has 5 atom stereocenters. The van der Waals surface area contributed by atoms with Crippen molar-refractivity contribution < 1.29 is 80.2 Å². The molecule has 0 saturated carbocycles. The van der Waals surface area contributed by atoms with E-state index in [1.54, 1.807) is 0 Å². The largest absolute Gasteiger partial charge is 0.472 e. The third-order valence-electron chi connectivity index (χ3n) is 14.7. The zero-order chi connectivity index (χ0) is 61.5. The molecule has 0 aromatic heterocycles. The van der Waals surface area contributed by atoms with E-state index in [4.69, 9.17) is 37.0 Å². The van der Waals surface area contributed by atoms with Gasteiger partial charge in [-0.15, -0.1) is 0 Å². The van der Waals surface area contributed by atoms with E-state index < -0.39 is 97.5 Å². The van der Waals surface area contributed by atoms with Gasteiger partial charge in [0.2, 0.25) is 0 Å². The highest BCUT2D eigenvalue weighted by Crippen LogP contribution is 2.45. The third kappa shape index (κ3) is 58.8. The van der Waals surface area contributed by atoms with Crippen molar-refractivity contribution in [1.29, 1.82) is 0 Å². The Balaban J connectivity index is 5.23. The first-order valence-electron chi connectivity index (χ1n) is 33.5. The molecule has 492 valence electrons. The van der Waals surface area contributed by atoms with Gasteiger partial charge >= 0.3 is 39.5 Å². The van der Waals surface area contributed by atoms with E-state index in [-0.39, 0.29) is 25.7 Å². The summed E-state index contributed by atoms with van der Waals surface area (Å²) in [5.74, 6) is -0.703. The lowest BCUT2D eigenvalue weighted by atomic mass is 10.0. The first kappa shape index (κ1) is 81.1. The summed E-state index contributed by atoms with van der Waals surface area (Å²) in [5, 5.41) is 10.5. The van der Waals surface area contributed by atoms with Crippen molar-refractivity contribution in [1.82, 2.24) is 0 Å². The van der Waals surface area contributed by atoms with Crippen molar-refractivity contribution in [2.75, 3.05) is 39.6 Å². The van der Waals surface area contributed by atoms with E-state index in [9.17, 15) is 43.2 Å². The number of phosphoric ester groups is 2. The van der Waals surface area contributed by atoms with Crippen molar-refractivity contribution in [2.24, 2.45) is 11.8 Å². The lowest BCUT2D eigenvalue weighted by Gasteiger charge is -2.21. The van der Waals surface area contributed by atoms with Crippen LogP contribution in [0.3, 0.4) is 0 Å². The van der Waals surface area contributed by atoms with Gasteiger partial charge in [-0.2, -0.15) is 0 Å². The predicted octanol–water partition coefficient (Wildman–Crippen LogP) is 17.7. The number of rotatable bonds is 63. The second-order valence-electron chi connectivity index (χ2n) is 24.1. The summed E-state index contributed by atoms with van der Waals surface area (Å²) in [7, 11) is -9.88. The van der Waals surface area contributed by atoms with Crippen molar-refractivity contribution in [3.63, 3.8) is 0 Å². The number of aliphatic hydroxyl groups excluding tert-OH is 1. The van der Waals surface area contributed by atoms with Crippen LogP contribution in [0.1, 0.15) is 318 Å². The minimum absolute atomic E-state index is 0.102. The Labute approximate surface area is 505 Å². The summed E-state index contributed by atoms with van der Waals surface area (Å²) < 4.78 is 67.9. The molecule has 2 unspecified atom stereocenters. The van der Waals surface area contributed by atoms with Crippen LogP contribution in [-0.4, -0.2) is 96.7 Å². The Kier molecular flexibility index (Phi) is 55.2. The summed E-state index contributed by atoms with van der Waals surface area (Å²) in [6.45, 7) is 9.39. The van der Waals surface area contributed by atoms with Crippen molar-refractivity contribution >= 4 is 39.5 Å². The lowest BCUT2D eigenvalue weighted by Crippen LogP contribution is -2.30. The van der Waals surface area contributed by atoms with E-state index in [1.807, 2.05) is 0 Å². The molecule has 0 heterocycles. The molecule has 17 nitrogen and oxygen atoms in total. The van der Waals surface area contributed by atoms with E-state index in [0.29, 0.717) is 31.6 Å². The van der Waals surface area contributed by atoms with Crippen LogP contribution >= 0.6 is 15.6 Å². The highest BCUT2D eigenvalue weighted by Gasteiger charge is 2.30. The molecule has 0 aromatic rings. The second kappa shape index (κ2) is 56.6. The van der Waals surface area contributed by atoms with Gasteiger partial charge in [-0.3, -0.25) is 37.3 Å². The molecule has 0 saturated heterocycles. The van der Waals surface area contributed by atoms with Crippen LogP contribution in [0, 0.1) is 11.8 Å². The summed E-state index contributed by atoms with van der Waals surface area (Å²) >= 11 is 0. The Morgan fingerprint density at radius 3 is 0.819 bits per heavy atom. The molecule has 0 radical (unpaired) electrons. The predicted molar refractivity (Wildman–Crippen MR) is 331 cm³/mol. The van der Waals surface area contributed by atoms with Gasteiger partial charge in [0.1, 0.15) is 19.3 Å². The van der Waals surface area contributed by atoms with Crippen molar-refractivity contribution in [2.45, 2.75) is 336 Å². The van der Waals surface area contributed by atoms with Gasteiger partial charge in [0.05, 0.1) is 26.4 Å².